The molecule has 106 valence electrons. The van der Waals surface area contributed by atoms with Crippen molar-refractivity contribution in [3.8, 4) is 0 Å². The Morgan fingerprint density at radius 2 is 2.32 bits per heavy atom. The first kappa shape index (κ1) is 15.8. The van der Waals surface area contributed by atoms with E-state index in [1.165, 1.54) is 11.9 Å². The fourth-order valence-electron chi connectivity index (χ4n) is 1.67. The largest absolute Gasteiger partial charge is 0.465 e. The highest BCUT2D eigenvalue weighted by molar-refractivity contribution is 6.30. The number of nitrogens with two attached hydrogens (primary N) is 1. The maximum absolute atomic E-state index is 10.8. The molecule has 0 saturated heterocycles. The molecular weight excluding hydrogens is 268 g/mol. The molecule has 1 aromatic rings. The van der Waals surface area contributed by atoms with Gasteiger partial charge in [0.2, 0.25) is 0 Å². The Kier molecular flexibility index (Phi) is 6.62. The van der Waals surface area contributed by atoms with Crippen molar-refractivity contribution in [3.63, 3.8) is 0 Å². The van der Waals surface area contributed by atoms with Gasteiger partial charge in [-0.25, -0.2) is 4.79 Å². The number of amides is 1. The molecule has 19 heavy (non-hydrogen) atoms. The Hall–Kier alpha value is -1.30. The highest BCUT2D eigenvalue weighted by Gasteiger charge is 2.15. The summed E-state index contributed by atoms with van der Waals surface area (Å²) in [6, 6.07) is 7.36. The number of benzene rings is 1. The van der Waals surface area contributed by atoms with Crippen LogP contribution in [0.3, 0.4) is 0 Å². The monoisotopic (exact) mass is 286 g/mol. The Bertz CT molecular complexity index is 415. The molecule has 0 saturated carbocycles. The zero-order valence-electron chi connectivity index (χ0n) is 10.9. The smallest absolute Gasteiger partial charge is 0.407 e. The third-order valence-corrected chi connectivity index (χ3v) is 2.95. The van der Waals surface area contributed by atoms with Crippen LogP contribution in [0.5, 0.6) is 0 Å². The van der Waals surface area contributed by atoms with Crippen LogP contribution in [0.4, 0.5) is 4.79 Å². The summed E-state index contributed by atoms with van der Waals surface area (Å²) >= 11 is 5.95. The van der Waals surface area contributed by atoms with Gasteiger partial charge in [0.25, 0.3) is 0 Å². The molecule has 0 spiro atoms. The molecule has 1 unspecified atom stereocenters. The Labute approximate surface area is 117 Å². The summed E-state index contributed by atoms with van der Waals surface area (Å²) in [6.07, 6.45) is -0.601. The quantitative estimate of drug-likeness (QED) is 0.807. The van der Waals surface area contributed by atoms with Gasteiger partial charge in [-0.1, -0.05) is 23.7 Å². The van der Waals surface area contributed by atoms with Crippen LogP contribution in [0.1, 0.15) is 18.1 Å². The number of carboxylic acid groups (broad SMARTS) is 1. The van der Waals surface area contributed by atoms with Crippen molar-refractivity contribution < 1.29 is 14.6 Å². The van der Waals surface area contributed by atoms with Crippen LogP contribution >= 0.6 is 11.6 Å². The fourth-order valence-corrected chi connectivity index (χ4v) is 1.87. The van der Waals surface area contributed by atoms with Crippen molar-refractivity contribution >= 4 is 17.7 Å². The number of carbonyl (C=O) groups is 1. The lowest BCUT2D eigenvalue weighted by Crippen LogP contribution is -2.27. The molecule has 6 heteroatoms. The average Bonchev–Trinajstić information content (AvgIpc) is 2.38. The predicted octanol–water partition coefficient (Wildman–Crippen LogP) is 2.36. The molecule has 1 atom stereocenters. The molecule has 1 amide bonds. The third-order valence-electron chi connectivity index (χ3n) is 2.71. The fraction of sp³-hybridized carbons (Fsp3) is 0.462. The summed E-state index contributed by atoms with van der Waals surface area (Å²) in [7, 11) is 1.53. The van der Waals surface area contributed by atoms with E-state index >= 15 is 0 Å². The highest BCUT2D eigenvalue weighted by Crippen LogP contribution is 2.24. The number of hydrogen-bond acceptors (Lipinski definition) is 3. The molecule has 0 aromatic heterocycles. The summed E-state index contributed by atoms with van der Waals surface area (Å²) in [6.45, 7) is 1.23. The number of halogens is 1. The lowest BCUT2D eigenvalue weighted by molar-refractivity contribution is 0.0459. The topological polar surface area (TPSA) is 75.8 Å². The molecule has 1 aromatic carbocycles. The van der Waals surface area contributed by atoms with E-state index in [1.54, 1.807) is 6.07 Å². The van der Waals surface area contributed by atoms with E-state index in [0.717, 1.165) is 5.56 Å². The van der Waals surface area contributed by atoms with Crippen molar-refractivity contribution in [2.24, 2.45) is 5.73 Å². The lowest BCUT2D eigenvalue weighted by Gasteiger charge is -2.21. The van der Waals surface area contributed by atoms with E-state index in [9.17, 15) is 4.79 Å². The van der Waals surface area contributed by atoms with Crippen molar-refractivity contribution in [3.05, 3.63) is 34.9 Å². The van der Waals surface area contributed by atoms with E-state index in [1.807, 2.05) is 18.2 Å². The Balaban J connectivity index is 2.68. The SMILES string of the molecule is CN(CCC(OCCN)c1cccc(Cl)c1)C(=O)O. The van der Waals surface area contributed by atoms with Gasteiger partial charge in [0.05, 0.1) is 12.7 Å². The van der Waals surface area contributed by atoms with Crippen LogP contribution in [0.25, 0.3) is 0 Å². The Morgan fingerprint density at radius 3 is 2.89 bits per heavy atom. The zero-order chi connectivity index (χ0) is 14.3. The normalized spacial score (nSPS) is 12.2. The van der Waals surface area contributed by atoms with Crippen LogP contribution in [0.2, 0.25) is 5.02 Å². The van der Waals surface area contributed by atoms with E-state index < -0.39 is 6.09 Å². The first-order valence-corrected chi connectivity index (χ1v) is 6.43. The van der Waals surface area contributed by atoms with Crippen molar-refractivity contribution in [1.29, 1.82) is 0 Å². The van der Waals surface area contributed by atoms with Crippen molar-refractivity contribution in [2.45, 2.75) is 12.5 Å². The number of nitrogens with zero attached hydrogens (tertiary/aromatic N) is 1. The molecule has 1 rings (SSSR count). The second-order valence-electron chi connectivity index (χ2n) is 4.20. The van der Waals surface area contributed by atoms with Gasteiger partial charge in [0.1, 0.15) is 0 Å². The van der Waals surface area contributed by atoms with Crippen LogP contribution in [0.15, 0.2) is 24.3 Å². The van der Waals surface area contributed by atoms with Crippen molar-refractivity contribution in [1.82, 2.24) is 4.90 Å². The molecule has 0 aliphatic heterocycles. The second-order valence-corrected chi connectivity index (χ2v) is 4.63. The van der Waals surface area contributed by atoms with Crippen LogP contribution in [-0.4, -0.2) is 42.8 Å². The molecule has 0 radical (unpaired) electrons. The van der Waals surface area contributed by atoms with Gasteiger partial charge in [-0.2, -0.15) is 0 Å². The summed E-state index contributed by atoms with van der Waals surface area (Å²) < 4.78 is 5.66. The van der Waals surface area contributed by atoms with Crippen LogP contribution < -0.4 is 5.73 Å². The van der Waals surface area contributed by atoms with Gasteiger partial charge in [-0.3, -0.25) is 0 Å². The Morgan fingerprint density at radius 1 is 1.58 bits per heavy atom. The molecule has 0 aliphatic carbocycles. The molecule has 3 N–H and O–H groups in total. The van der Waals surface area contributed by atoms with Gasteiger partial charge in [0.15, 0.2) is 0 Å². The van der Waals surface area contributed by atoms with E-state index in [4.69, 9.17) is 27.2 Å². The van der Waals surface area contributed by atoms with Crippen LogP contribution in [-0.2, 0) is 4.74 Å². The minimum absolute atomic E-state index is 0.205. The standard InChI is InChI=1S/C13H19ClN2O3/c1-16(13(17)18)7-5-12(19-8-6-15)10-3-2-4-11(14)9-10/h2-4,9,12H,5-8,15H2,1H3,(H,17,18). The summed E-state index contributed by atoms with van der Waals surface area (Å²) in [4.78, 5) is 12.0. The van der Waals surface area contributed by atoms with E-state index in [-0.39, 0.29) is 6.10 Å². The van der Waals surface area contributed by atoms with E-state index in [0.29, 0.717) is 31.1 Å². The van der Waals surface area contributed by atoms with Gasteiger partial charge in [-0.05, 0) is 24.1 Å². The molecule has 0 fully saturated rings. The maximum atomic E-state index is 10.8. The summed E-state index contributed by atoms with van der Waals surface area (Å²) in [5.41, 5.74) is 6.36. The average molecular weight is 287 g/mol. The summed E-state index contributed by atoms with van der Waals surface area (Å²) in [5, 5.41) is 9.46. The van der Waals surface area contributed by atoms with Gasteiger partial charge >= 0.3 is 6.09 Å². The third kappa shape index (κ3) is 5.46. The van der Waals surface area contributed by atoms with Gasteiger partial charge in [-0.15, -0.1) is 0 Å². The van der Waals surface area contributed by atoms with Crippen molar-refractivity contribution in [2.75, 3.05) is 26.7 Å². The lowest BCUT2D eigenvalue weighted by atomic mass is 10.1. The van der Waals surface area contributed by atoms with Gasteiger partial charge in [0, 0.05) is 25.2 Å². The molecule has 0 aliphatic rings. The molecule has 5 nitrogen and oxygen atoms in total. The first-order valence-electron chi connectivity index (χ1n) is 6.05. The minimum Gasteiger partial charge on any atom is -0.465 e. The number of rotatable bonds is 7. The van der Waals surface area contributed by atoms with Crippen LogP contribution in [0, 0.1) is 0 Å². The number of ether oxygens (including phenoxy) is 1. The minimum atomic E-state index is -0.955. The number of hydrogen-bond donors (Lipinski definition) is 2. The summed E-state index contributed by atoms with van der Waals surface area (Å²) in [5.74, 6) is 0. The second kappa shape index (κ2) is 7.99. The highest BCUT2D eigenvalue weighted by atomic mass is 35.5. The first-order chi connectivity index (χ1) is 9.04. The maximum Gasteiger partial charge on any atom is 0.407 e. The molecule has 0 bridgehead atoms. The molecular formula is C13H19ClN2O3. The van der Waals surface area contributed by atoms with Gasteiger partial charge < -0.3 is 20.5 Å². The molecule has 0 heterocycles. The predicted molar refractivity (Wildman–Crippen MR) is 74.5 cm³/mol. The zero-order valence-corrected chi connectivity index (χ0v) is 11.6. The van der Waals surface area contributed by atoms with E-state index in [2.05, 4.69) is 0 Å².